The van der Waals surface area contributed by atoms with Gasteiger partial charge in [0, 0.05) is 11.9 Å². The quantitative estimate of drug-likeness (QED) is 0.538. The molecule has 0 atom stereocenters. The van der Waals surface area contributed by atoms with Gasteiger partial charge in [-0.2, -0.15) is 0 Å². The molecule has 0 unspecified atom stereocenters. The Bertz CT molecular complexity index is 1180. The van der Waals surface area contributed by atoms with Crippen molar-refractivity contribution in [3.8, 4) is 17.2 Å². The normalized spacial score (nSPS) is 13.5. The molecule has 0 spiro atoms. The minimum Gasteiger partial charge on any atom is -0.480 e. The topological polar surface area (TPSA) is 60.8 Å². The Kier molecular flexibility index (Phi) is 5.48. The predicted octanol–water partition coefficient (Wildman–Crippen LogP) is 4.42. The molecule has 10 heteroatoms. The van der Waals surface area contributed by atoms with Gasteiger partial charge in [-0.1, -0.05) is 30.3 Å². The first-order valence-electron chi connectivity index (χ1n) is 9.01. The molecule has 2 aromatic carbocycles. The Labute approximate surface area is 182 Å². The van der Waals surface area contributed by atoms with E-state index in [4.69, 9.17) is 4.74 Å². The second-order valence-electron chi connectivity index (χ2n) is 6.63. The number of benzene rings is 2. The standard InChI is InChI=1S/C21H14BrF3N2O4/c22-16-11-26(14-6-8-15(9-7-14)31-21(23,24)25)20(29)18-19(16)30-12-17(28)27(18)10-13-4-2-1-3-5-13/h1-9,11H,10,12H2. The molecule has 0 radical (unpaired) electrons. The molecule has 1 aromatic heterocycles. The van der Waals surface area contributed by atoms with E-state index in [-0.39, 0.29) is 30.5 Å². The average Bonchev–Trinajstić information content (AvgIpc) is 2.72. The average molecular weight is 495 g/mol. The van der Waals surface area contributed by atoms with E-state index in [1.54, 1.807) is 0 Å². The number of ether oxygens (including phenoxy) is 2. The molecule has 3 aromatic rings. The zero-order chi connectivity index (χ0) is 22.2. The fourth-order valence-corrected chi connectivity index (χ4v) is 3.71. The maximum Gasteiger partial charge on any atom is 0.573 e. The number of hydrogen-bond acceptors (Lipinski definition) is 4. The van der Waals surface area contributed by atoms with Crippen LogP contribution in [0.4, 0.5) is 18.9 Å². The first kappa shape index (κ1) is 21.0. The predicted molar refractivity (Wildman–Crippen MR) is 110 cm³/mol. The molecule has 6 nitrogen and oxygen atoms in total. The minimum atomic E-state index is -4.82. The van der Waals surface area contributed by atoms with Crippen LogP contribution in [-0.4, -0.2) is 23.4 Å². The van der Waals surface area contributed by atoms with E-state index in [2.05, 4.69) is 20.7 Å². The molecule has 0 N–H and O–H groups in total. The summed E-state index contributed by atoms with van der Waals surface area (Å²) >= 11 is 3.36. The van der Waals surface area contributed by atoms with Gasteiger partial charge in [0.15, 0.2) is 18.0 Å². The Balaban J connectivity index is 1.76. The van der Waals surface area contributed by atoms with Crippen LogP contribution in [-0.2, 0) is 11.3 Å². The molecule has 1 aliphatic rings. The highest BCUT2D eigenvalue weighted by Gasteiger charge is 2.32. The molecule has 160 valence electrons. The molecule has 31 heavy (non-hydrogen) atoms. The van der Waals surface area contributed by atoms with E-state index in [0.29, 0.717) is 10.2 Å². The monoisotopic (exact) mass is 494 g/mol. The number of carbonyl (C=O) groups is 1. The molecule has 0 fully saturated rings. The zero-order valence-corrected chi connectivity index (χ0v) is 17.3. The van der Waals surface area contributed by atoms with Crippen molar-refractivity contribution in [2.45, 2.75) is 12.9 Å². The van der Waals surface area contributed by atoms with Crippen molar-refractivity contribution in [1.82, 2.24) is 4.57 Å². The van der Waals surface area contributed by atoms with Crippen LogP contribution >= 0.6 is 15.9 Å². The molecule has 0 saturated carbocycles. The number of nitrogens with zero attached hydrogens (tertiary/aromatic N) is 2. The second kappa shape index (κ2) is 8.10. The lowest BCUT2D eigenvalue weighted by Gasteiger charge is -2.30. The second-order valence-corrected chi connectivity index (χ2v) is 7.48. The third-order valence-electron chi connectivity index (χ3n) is 4.54. The summed E-state index contributed by atoms with van der Waals surface area (Å²) in [7, 11) is 0. The zero-order valence-electron chi connectivity index (χ0n) is 15.7. The van der Waals surface area contributed by atoms with Gasteiger partial charge >= 0.3 is 6.36 Å². The van der Waals surface area contributed by atoms with Gasteiger partial charge in [-0.3, -0.25) is 19.1 Å². The van der Waals surface area contributed by atoms with Crippen LogP contribution in [0.5, 0.6) is 11.5 Å². The highest BCUT2D eigenvalue weighted by Crippen LogP contribution is 2.37. The fourth-order valence-electron chi connectivity index (χ4n) is 3.20. The van der Waals surface area contributed by atoms with Gasteiger partial charge in [-0.15, -0.1) is 13.2 Å². The van der Waals surface area contributed by atoms with Gasteiger partial charge < -0.3 is 9.47 Å². The largest absolute Gasteiger partial charge is 0.573 e. The molecular weight excluding hydrogens is 481 g/mol. The SMILES string of the molecule is O=C1COc2c(Br)cn(-c3ccc(OC(F)(F)F)cc3)c(=O)c2N1Cc1ccccc1. The number of amides is 1. The van der Waals surface area contributed by atoms with E-state index < -0.39 is 17.7 Å². The van der Waals surface area contributed by atoms with E-state index in [1.165, 1.54) is 27.8 Å². The Morgan fingerprint density at radius 2 is 1.71 bits per heavy atom. The van der Waals surface area contributed by atoms with Gasteiger partial charge in [-0.25, -0.2) is 0 Å². The molecular formula is C21H14BrF3N2O4. The van der Waals surface area contributed by atoms with E-state index in [1.807, 2.05) is 30.3 Å². The molecule has 4 rings (SSSR count). The number of halogens is 4. The maximum absolute atomic E-state index is 13.3. The molecule has 0 bridgehead atoms. The number of anilines is 1. The third kappa shape index (κ3) is 4.43. The first-order chi connectivity index (χ1) is 14.7. The van der Waals surface area contributed by atoms with E-state index in [9.17, 15) is 22.8 Å². The van der Waals surface area contributed by atoms with Crippen molar-refractivity contribution in [3.05, 3.63) is 81.2 Å². The van der Waals surface area contributed by atoms with Crippen LogP contribution in [0.2, 0.25) is 0 Å². The lowest BCUT2D eigenvalue weighted by molar-refractivity contribution is -0.274. The van der Waals surface area contributed by atoms with Gasteiger partial charge in [0.2, 0.25) is 0 Å². The van der Waals surface area contributed by atoms with Gasteiger partial charge in [-0.05, 0) is 45.8 Å². The van der Waals surface area contributed by atoms with Gasteiger partial charge in [0.05, 0.1) is 11.0 Å². The van der Waals surface area contributed by atoms with Crippen LogP contribution in [0.25, 0.3) is 5.69 Å². The molecule has 0 aliphatic carbocycles. The smallest absolute Gasteiger partial charge is 0.480 e. The van der Waals surface area contributed by atoms with Crippen LogP contribution < -0.4 is 19.9 Å². The summed E-state index contributed by atoms with van der Waals surface area (Å²) in [5.74, 6) is -0.564. The number of aromatic nitrogens is 1. The summed E-state index contributed by atoms with van der Waals surface area (Å²) in [5, 5.41) is 0. The summed E-state index contributed by atoms with van der Waals surface area (Å²) in [4.78, 5) is 27.2. The van der Waals surface area contributed by atoms with Crippen molar-refractivity contribution in [2.75, 3.05) is 11.5 Å². The van der Waals surface area contributed by atoms with Gasteiger partial charge in [0.25, 0.3) is 11.5 Å². The highest BCUT2D eigenvalue weighted by atomic mass is 79.9. The number of rotatable bonds is 4. The summed E-state index contributed by atoms with van der Waals surface area (Å²) in [5.41, 5.74) is 0.612. The lowest BCUT2D eigenvalue weighted by atomic mass is 10.2. The van der Waals surface area contributed by atoms with Crippen molar-refractivity contribution >= 4 is 27.5 Å². The van der Waals surface area contributed by atoms with E-state index >= 15 is 0 Å². The number of alkyl halides is 3. The van der Waals surface area contributed by atoms with Crippen LogP contribution in [0.1, 0.15) is 5.56 Å². The summed E-state index contributed by atoms with van der Waals surface area (Å²) < 4.78 is 48.2. The summed E-state index contributed by atoms with van der Waals surface area (Å²) in [6.45, 7) is -0.0501. The van der Waals surface area contributed by atoms with Crippen molar-refractivity contribution < 1.29 is 27.4 Å². The Morgan fingerprint density at radius 3 is 2.35 bits per heavy atom. The van der Waals surface area contributed by atoms with Crippen LogP contribution in [0.3, 0.4) is 0 Å². The van der Waals surface area contributed by atoms with E-state index in [0.717, 1.165) is 17.7 Å². The van der Waals surface area contributed by atoms with Crippen molar-refractivity contribution in [1.29, 1.82) is 0 Å². The number of fused-ring (bicyclic) bond motifs is 1. The molecule has 0 saturated heterocycles. The van der Waals surface area contributed by atoms with Crippen molar-refractivity contribution in [3.63, 3.8) is 0 Å². The fraction of sp³-hybridized carbons (Fsp3) is 0.143. The maximum atomic E-state index is 13.3. The van der Waals surface area contributed by atoms with Crippen molar-refractivity contribution in [2.24, 2.45) is 0 Å². The Morgan fingerprint density at radius 1 is 1.03 bits per heavy atom. The summed E-state index contributed by atoms with van der Waals surface area (Å²) in [6.07, 6.45) is -3.37. The summed E-state index contributed by atoms with van der Waals surface area (Å²) in [6, 6.07) is 14.0. The number of hydrogen-bond donors (Lipinski definition) is 0. The minimum absolute atomic E-state index is 0.0464. The van der Waals surface area contributed by atoms with Gasteiger partial charge in [0.1, 0.15) is 5.75 Å². The molecule has 1 aliphatic heterocycles. The molecule has 2 heterocycles. The lowest BCUT2D eigenvalue weighted by Crippen LogP contribution is -2.43. The number of carbonyl (C=O) groups excluding carboxylic acids is 1. The third-order valence-corrected chi connectivity index (χ3v) is 5.10. The van der Waals surface area contributed by atoms with Crippen LogP contribution in [0.15, 0.2) is 70.1 Å². The highest BCUT2D eigenvalue weighted by molar-refractivity contribution is 9.10. The van der Waals surface area contributed by atoms with Crippen LogP contribution in [0, 0.1) is 0 Å². The number of pyridine rings is 1. The first-order valence-corrected chi connectivity index (χ1v) is 9.80. The molecule has 1 amide bonds. The Hall–Kier alpha value is -3.27.